The van der Waals surface area contributed by atoms with E-state index >= 15 is 0 Å². The van der Waals surface area contributed by atoms with Gasteiger partial charge in [0.05, 0.1) is 35.4 Å². The third-order valence-corrected chi connectivity index (χ3v) is 4.01. The van der Waals surface area contributed by atoms with E-state index in [4.69, 9.17) is 27.9 Å². The van der Waals surface area contributed by atoms with Gasteiger partial charge < -0.3 is 9.84 Å². The number of ether oxygens (including phenoxy) is 1. The van der Waals surface area contributed by atoms with E-state index < -0.39 is 6.10 Å². The molecule has 18 heavy (non-hydrogen) atoms. The molecule has 1 N–H and O–H groups in total. The SMILES string of the molecule is CCN(Cc1ccc(Cl)c(Cl)c1)[C@@H]1COC[C@H]1O. The maximum atomic E-state index is 9.85. The van der Waals surface area contributed by atoms with Gasteiger partial charge in [0.25, 0.3) is 0 Å². The third-order valence-electron chi connectivity index (χ3n) is 3.27. The van der Waals surface area contributed by atoms with Crippen molar-refractivity contribution >= 4 is 23.2 Å². The van der Waals surface area contributed by atoms with E-state index in [2.05, 4.69) is 11.8 Å². The summed E-state index contributed by atoms with van der Waals surface area (Å²) in [5.41, 5.74) is 1.09. The van der Waals surface area contributed by atoms with Crippen LogP contribution >= 0.6 is 23.2 Å². The second-order valence-electron chi connectivity index (χ2n) is 4.48. The molecule has 3 nitrogen and oxygen atoms in total. The fourth-order valence-corrected chi connectivity index (χ4v) is 2.54. The first-order chi connectivity index (χ1) is 8.61. The Hall–Kier alpha value is -0.320. The monoisotopic (exact) mass is 289 g/mol. The number of nitrogens with zero attached hydrogens (tertiary/aromatic N) is 1. The molecule has 1 aromatic carbocycles. The van der Waals surface area contributed by atoms with Crippen LogP contribution in [0, 0.1) is 0 Å². The van der Waals surface area contributed by atoms with Crippen LogP contribution in [0.2, 0.25) is 10.0 Å². The van der Waals surface area contributed by atoms with Crippen molar-refractivity contribution in [2.24, 2.45) is 0 Å². The fourth-order valence-electron chi connectivity index (χ4n) is 2.22. The van der Waals surface area contributed by atoms with Gasteiger partial charge in [0.1, 0.15) is 0 Å². The van der Waals surface area contributed by atoms with Crippen molar-refractivity contribution < 1.29 is 9.84 Å². The van der Waals surface area contributed by atoms with Gasteiger partial charge in [-0.05, 0) is 24.2 Å². The summed E-state index contributed by atoms with van der Waals surface area (Å²) in [7, 11) is 0. The Kier molecular flexibility index (Phi) is 4.87. The molecule has 0 unspecified atom stereocenters. The molecule has 0 spiro atoms. The highest BCUT2D eigenvalue weighted by atomic mass is 35.5. The molecule has 1 heterocycles. The quantitative estimate of drug-likeness (QED) is 0.925. The van der Waals surface area contributed by atoms with Crippen LogP contribution in [0.1, 0.15) is 12.5 Å². The van der Waals surface area contributed by atoms with Crippen LogP contribution < -0.4 is 0 Å². The summed E-state index contributed by atoms with van der Waals surface area (Å²) in [5.74, 6) is 0. The lowest BCUT2D eigenvalue weighted by Crippen LogP contribution is -2.42. The summed E-state index contributed by atoms with van der Waals surface area (Å²) >= 11 is 11.9. The molecule has 1 fully saturated rings. The van der Waals surface area contributed by atoms with Crippen LogP contribution in [0.25, 0.3) is 0 Å². The molecule has 2 rings (SSSR count). The Balaban J connectivity index is 2.07. The number of rotatable bonds is 4. The predicted molar refractivity (Wildman–Crippen MR) is 73.2 cm³/mol. The highest BCUT2D eigenvalue weighted by molar-refractivity contribution is 6.42. The van der Waals surface area contributed by atoms with Crippen LogP contribution in [0.3, 0.4) is 0 Å². The Morgan fingerprint density at radius 3 is 2.67 bits per heavy atom. The molecule has 1 aromatic rings. The van der Waals surface area contributed by atoms with Crippen molar-refractivity contribution in [2.75, 3.05) is 19.8 Å². The molecule has 5 heteroatoms. The second-order valence-corrected chi connectivity index (χ2v) is 5.30. The molecule has 1 aliphatic rings. The lowest BCUT2D eigenvalue weighted by molar-refractivity contribution is 0.0808. The predicted octanol–water partition coefficient (Wildman–Crippen LogP) is 2.58. The van der Waals surface area contributed by atoms with Crippen molar-refractivity contribution in [3.05, 3.63) is 33.8 Å². The van der Waals surface area contributed by atoms with Crippen LogP contribution in [0.4, 0.5) is 0 Å². The minimum Gasteiger partial charge on any atom is -0.389 e. The molecule has 0 aromatic heterocycles. The average Bonchev–Trinajstić information content (AvgIpc) is 2.77. The summed E-state index contributed by atoms with van der Waals surface area (Å²) < 4.78 is 5.29. The van der Waals surface area contributed by atoms with Crippen LogP contribution in [-0.4, -0.2) is 41.9 Å². The first kappa shape index (κ1) is 14.1. The second kappa shape index (κ2) is 6.22. The zero-order valence-corrected chi connectivity index (χ0v) is 11.8. The Labute approximate surface area is 117 Å². The minimum atomic E-state index is -0.410. The number of hydrogen-bond acceptors (Lipinski definition) is 3. The molecule has 0 aliphatic carbocycles. The normalized spacial score (nSPS) is 23.8. The summed E-state index contributed by atoms with van der Waals surface area (Å²) in [4.78, 5) is 2.19. The molecular formula is C13H17Cl2NO2. The maximum Gasteiger partial charge on any atom is 0.0950 e. The smallest absolute Gasteiger partial charge is 0.0950 e. The zero-order chi connectivity index (χ0) is 13.1. The first-order valence-corrected chi connectivity index (χ1v) is 6.81. The van der Waals surface area contributed by atoms with E-state index in [0.29, 0.717) is 23.3 Å². The number of halogens is 2. The van der Waals surface area contributed by atoms with Gasteiger partial charge in [-0.1, -0.05) is 36.2 Å². The highest BCUT2D eigenvalue weighted by Crippen LogP contribution is 2.24. The van der Waals surface area contributed by atoms with Gasteiger partial charge in [0, 0.05) is 6.54 Å². The van der Waals surface area contributed by atoms with Crippen molar-refractivity contribution in [2.45, 2.75) is 25.6 Å². The van der Waals surface area contributed by atoms with Crippen LogP contribution in [-0.2, 0) is 11.3 Å². The van der Waals surface area contributed by atoms with E-state index in [0.717, 1.165) is 18.7 Å². The molecule has 1 saturated heterocycles. The summed E-state index contributed by atoms with van der Waals surface area (Å²) in [6.07, 6.45) is -0.410. The van der Waals surface area contributed by atoms with Gasteiger partial charge in [-0.15, -0.1) is 0 Å². The number of hydrogen-bond donors (Lipinski definition) is 1. The Bertz CT molecular complexity index is 414. The molecule has 0 radical (unpaired) electrons. The van der Waals surface area contributed by atoms with E-state index in [1.54, 1.807) is 6.07 Å². The van der Waals surface area contributed by atoms with Crippen molar-refractivity contribution in [1.29, 1.82) is 0 Å². The Morgan fingerprint density at radius 1 is 1.33 bits per heavy atom. The van der Waals surface area contributed by atoms with Gasteiger partial charge >= 0.3 is 0 Å². The van der Waals surface area contributed by atoms with Gasteiger partial charge in [-0.2, -0.15) is 0 Å². The lowest BCUT2D eigenvalue weighted by Gasteiger charge is -2.28. The maximum absolute atomic E-state index is 9.85. The topological polar surface area (TPSA) is 32.7 Å². The van der Waals surface area contributed by atoms with Gasteiger partial charge in [0.2, 0.25) is 0 Å². The van der Waals surface area contributed by atoms with Gasteiger partial charge in [-0.3, -0.25) is 4.90 Å². The Morgan fingerprint density at radius 2 is 2.11 bits per heavy atom. The van der Waals surface area contributed by atoms with Crippen molar-refractivity contribution in [3.8, 4) is 0 Å². The van der Waals surface area contributed by atoms with E-state index in [9.17, 15) is 5.11 Å². The summed E-state index contributed by atoms with van der Waals surface area (Å²) in [5, 5.41) is 11.0. The van der Waals surface area contributed by atoms with Crippen molar-refractivity contribution in [1.82, 2.24) is 4.90 Å². The standard InChI is InChI=1S/C13H17Cl2NO2/c1-2-16(12-7-18-8-13(12)17)6-9-3-4-10(14)11(15)5-9/h3-5,12-13,17H,2,6-8H2,1H3/t12-,13-/m1/s1. The van der Waals surface area contributed by atoms with E-state index in [1.807, 2.05) is 12.1 Å². The fraction of sp³-hybridized carbons (Fsp3) is 0.538. The minimum absolute atomic E-state index is 0.0597. The number of aliphatic hydroxyl groups is 1. The molecular weight excluding hydrogens is 273 g/mol. The third kappa shape index (κ3) is 3.16. The summed E-state index contributed by atoms with van der Waals surface area (Å²) in [6.45, 7) is 4.66. The molecule has 0 amide bonds. The van der Waals surface area contributed by atoms with E-state index in [-0.39, 0.29) is 6.04 Å². The zero-order valence-electron chi connectivity index (χ0n) is 10.3. The number of benzene rings is 1. The summed E-state index contributed by atoms with van der Waals surface area (Å²) in [6, 6.07) is 5.69. The van der Waals surface area contributed by atoms with Crippen LogP contribution in [0.15, 0.2) is 18.2 Å². The average molecular weight is 290 g/mol. The molecule has 1 aliphatic heterocycles. The highest BCUT2D eigenvalue weighted by Gasteiger charge is 2.30. The lowest BCUT2D eigenvalue weighted by atomic mass is 10.1. The molecule has 0 bridgehead atoms. The van der Waals surface area contributed by atoms with Gasteiger partial charge in [0.15, 0.2) is 0 Å². The van der Waals surface area contributed by atoms with E-state index in [1.165, 1.54) is 0 Å². The number of likely N-dealkylation sites (N-methyl/N-ethyl adjacent to an activating group) is 1. The van der Waals surface area contributed by atoms with Crippen molar-refractivity contribution in [3.63, 3.8) is 0 Å². The largest absolute Gasteiger partial charge is 0.389 e. The molecule has 100 valence electrons. The number of aliphatic hydroxyl groups excluding tert-OH is 1. The van der Waals surface area contributed by atoms with Crippen LogP contribution in [0.5, 0.6) is 0 Å². The van der Waals surface area contributed by atoms with Gasteiger partial charge in [-0.25, -0.2) is 0 Å². The molecule has 0 saturated carbocycles. The molecule has 2 atom stereocenters. The first-order valence-electron chi connectivity index (χ1n) is 6.05.